The molecule has 1 aliphatic heterocycles. The van der Waals surface area contributed by atoms with Gasteiger partial charge in [0.05, 0.1) is 21.4 Å². The van der Waals surface area contributed by atoms with Crippen LogP contribution in [0, 0.1) is 0 Å². The molecule has 0 radical (unpaired) electrons. The van der Waals surface area contributed by atoms with Gasteiger partial charge in [-0.1, -0.05) is 11.6 Å². The van der Waals surface area contributed by atoms with Gasteiger partial charge in [-0.3, -0.25) is 9.69 Å². The highest BCUT2D eigenvalue weighted by atomic mass is 35.5. The Morgan fingerprint density at radius 1 is 1.35 bits per heavy atom. The molecule has 3 heterocycles. The predicted molar refractivity (Wildman–Crippen MR) is 107 cm³/mol. The minimum absolute atomic E-state index is 0.258. The van der Waals surface area contributed by atoms with E-state index in [2.05, 4.69) is 24.1 Å². The summed E-state index contributed by atoms with van der Waals surface area (Å²) in [5, 5.41) is 3.46. The molecule has 0 aromatic carbocycles. The number of rotatable bonds is 5. The molecule has 0 spiro atoms. The summed E-state index contributed by atoms with van der Waals surface area (Å²) in [4.78, 5) is 29.1. The lowest BCUT2D eigenvalue weighted by atomic mass is 10.0. The number of fused-ring (bicyclic) bond motifs is 1. The van der Waals surface area contributed by atoms with Gasteiger partial charge in [0, 0.05) is 24.0 Å². The van der Waals surface area contributed by atoms with Gasteiger partial charge in [0.2, 0.25) is 0 Å². The quantitative estimate of drug-likeness (QED) is 0.725. The fraction of sp³-hybridized carbons (Fsp3) is 0.444. The molecule has 2 aromatic rings. The van der Waals surface area contributed by atoms with E-state index in [0.717, 1.165) is 30.0 Å². The lowest BCUT2D eigenvalue weighted by Gasteiger charge is -2.30. The highest BCUT2D eigenvalue weighted by Gasteiger charge is 2.30. The van der Waals surface area contributed by atoms with Crippen LogP contribution in [0.3, 0.4) is 0 Å². The van der Waals surface area contributed by atoms with Crippen LogP contribution in [-0.2, 0) is 17.7 Å². The average molecular weight is 413 g/mol. The van der Waals surface area contributed by atoms with E-state index >= 15 is 0 Å². The monoisotopic (exact) mass is 412 g/mol. The van der Waals surface area contributed by atoms with Crippen molar-refractivity contribution in [1.29, 1.82) is 0 Å². The molecule has 1 N–H and O–H groups in total. The molecule has 140 valence electrons. The predicted octanol–water partition coefficient (Wildman–Crippen LogP) is 4.66. The van der Waals surface area contributed by atoms with Crippen molar-refractivity contribution >= 4 is 51.2 Å². The SMILES string of the molecule is CCOC(=O)c1c(NC(=O)c2ccc(Cl)s2)sc2c1CCN(C(C)C)C2. The molecule has 0 fully saturated rings. The Bertz CT molecular complexity index is 829. The Hall–Kier alpha value is -1.41. The third-order valence-corrected chi connectivity index (χ3v) is 6.68. The summed E-state index contributed by atoms with van der Waals surface area (Å²) in [5.41, 5.74) is 1.51. The van der Waals surface area contributed by atoms with Gasteiger partial charge in [-0.2, -0.15) is 0 Å². The molecule has 1 amide bonds. The number of anilines is 1. The molecule has 2 aromatic heterocycles. The molecular formula is C18H21ClN2O3S2. The van der Waals surface area contributed by atoms with Crippen LogP contribution in [-0.4, -0.2) is 36.0 Å². The summed E-state index contributed by atoms with van der Waals surface area (Å²) in [6.07, 6.45) is 0.777. The highest BCUT2D eigenvalue weighted by molar-refractivity contribution is 7.18. The van der Waals surface area contributed by atoms with E-state index in [0.29, 0.717) is 32.4 Å². The second kappa shape index (κ2) is 8.08. The number of halogens is 1. The number of nitrogens with zero attached hydrogens (tertiary/aromatic N) is 1. The van der Waals surface area contributed by atoms with Crippen LogP contribution in [0.5, 0.6) is 0 Å². The second-order valence-electron chi connectivity index (χ2n) is 6.30. The summed E-state index contributed by atoms with van der Waals surface area (Å²) in [6, 6.07) is 3.80. The normalized spacial score (nSPS) is 14.3. The first kappa shape index (κ1) is 19.4. The van der Waals surface area contributed by atoms with Crippen LogP contribution >= 0.6 is 34.3 Å². The van der Waals surface area contributed by atoms with E-state index in [9.17, 15) is 9.59 Å². The number of carbonyl (C=O) groups excluding carboxylic acids is 2. The van der Waals surface area contributed by atoms with Crippen molar-refractivity contribution in [2.45, 2.75) is 39.8 Å². The number of ether oxygens (including phenoxy) is 1. The van der Waals surface area contributed by atoms with Crippen LogP contribution in [0.4, 0.5) is 5.00 Å². The Balaban J connectivity index is 1.93. The number of carbonyl (C=O) groups is 2. The molecular weight excluding hydrogens is 392 g/mol. The third-order valence-electron chi connectivity index (χ3n) is 4.32. The molecule has 26 heavy (non-hydrogen) atoms. The van der Waals surface area contributed by atoms with Crippen molar-refractivity contribution in [3.63, 3.8) is 0 Å². The Morgan fingerprint density at radius 3 is 2.73 bits per heavy atom. The van der Waals surface area contributed by atoms with E-state index in [4.69, 9.17) is 16.3 Å². The smallest absolute Gasteiger partial charge is 0.341 e. The van der Waals surface area contributed by atoms with Gasteiger partial charge < -0.3 is 10.1 Å². The van der Waals surface area contributed by atoms with Gasteiger partial charge >= 0.3 is 5.97 Å². The molecule has 8 heteroatoms. The van der Waals surface area contributed by atoms with Crippen LogP contribution in [0.15, 0.2) is 12.1 Å². The fourth-order valence-electron chi connectivity index (χ4n) is 2.97. The van der Waals surface area contributed by atoms with Gasteiger partial charge in [0.1, 0.15) is 5.00 Å². The maximum absolute atomic E-state index is 12.5. The Morgan fingerprint density at radius 2 is 2.12 bits per heavy atom. The Labute approximate surface area is 165 Å². The van der Waals surface area contributed by atoms with E-state index in [1.54, 1.807) is 19.1 Å². The zero-order chi connectivity index (χ0) is 18.8. The molecule has 3 rings (SSSR count). The summed E-state index contributed by atoms with van der Waals surface area (Å²) in [6.45, 7) is 8.08. The molecule has 0 saturated heterocycles. The van der Waals surface area contributed by atoms with E-state index < -0.39 is 0 Å². The van der Waals surface area contributed by atoms with Crippen LogP contribution < -0.4 is 5.32 Å². The standard InChI is InChI=1S/C18H21ClN2O3S2/c1-4-24-18(23)15-11-7-8-21(10(2)3)9-13(11)26-17(15)20-16(22)12-5-6-14(19)25-12/h5-6,10H,4,7-9H2,1-3H3,(H,20,22). The van der Waals surface area contributed by atoms with Crippen molar-refractivity contribution in [3.8, 4) is 0 Å². The molecule has 0 bridgehead atoms. The van der Waals surface area contributed by atoms with Crippen molar-refractivity contribution in [2.75, 3.05) is 18.5 Å². The molecule has 0 saturated carbocycles. The summed E-state index contributed by atoms with van der Waals surface area (Å²) in [7, 11) is 0. The van der Waals surface area contributed by atoms with Gasteiger partial charge in [-0.15, -0.1) is 22.7 Å². The highest BCUT2D eigenvalue weighted by Crippen LogP contribution is 2.38. The maximum Gasteiger partial charge on any atom is 0.341 e. The molecule has 1 aliphatic rings. The number of amides is 1. The van der Waals surface area contributed by atoms with Gasteiger partial charge in [0.15, 0.2) is 0 Å². The first-order valence-electron chi connectivity index (χ1n) is 8.53. The number of esters is 1. The number of hydrogen-bond acceptors (Lipinski definition) is 6. The zero-order valence-corrected chi connectivity index (χ0v) is 17.3. The fourth-order valence-corrected chi connectivity index (χ4v) is 5.17. The van der Waals surface area contributed by atoms with Crippen molar-refractivity contribution in [3.05, 3.63) is 37.4 Å². The van der Waals surface area contributed by atoms with Crippen LogP contribution in [0.1, 0.15) is 51.2 Å². The number of nitrogens with one attached hydrogen (secondary N) is 1. The summed E-state index contributed by atoms with van der Waals surface area (Å²) >= 11 is 8.60. The van der Waals surface area contributed by atoms with Gasteiger partial charge in [-0.05, 0) is 44.9 Å². The van der Waals surface area contributed by atoms with Crippen molar-refractivity contribution in [1.82, 2.24) is 4.90 Å². The summed E-state index contributed by atoms with van der Waals surface area (Å²) in [5.74, 6) is -0.630. The first-order valence-corrected chi connectivity index (χ1v) is 10.5. The van der Waals surface area contributed by atoms with Crippen LogP contribution in [0.2, 0.25) is 4.34 Å². The number of hydrogen-bond donors (Lipinski definition) is 1. The zero-order valence-electron chi connectivity index (χ0n) is 14.9. The van der Waals surface area contributed by atoms with Crippen LogP contribution in [0.25, 0.3) is 0 Å². The maximum atomic E-state index is 12.5. The molecule has 0 aliphatic carbocycles. The lowest BCUT2D eigenvalue weighted by Crippen LogP contribution is -2.35. The second-order valence-corrected chi connectivity index (χ2v) is 9.12. The lowest BCUT2D eigenvalue weighted by molar-refractivity contribution is 0.0526. The molecule has 5 nitrogen and oxygen atoms in total. The molecule has 0 atom stereocenters. The first-order chi connectivity index (χ1) is 12.4. The van der Waals surface area contributed by atoms with Gasteiger partial charge in [0.25, 0.3) is 5.91 Å². The van der Waals surface area contributed by atoms with Crippen molar-refractivity contribution in [2.24, 2.45) is 0 Å². The summed E-state index contributed by atoms with van der Waals surface area (Å²) < 4.78 is 5.80. The van der Waals surface area contributed by atoms with E-state index in [1.165, 1.54) is 22.7 Å². The van der Waals surface area contributed by atoms with E-state index in [1.807, 2.05) is 0 Å². The number of thiophene rings is 2. The third kappa shape index (κ3) is 3.96. The minimum Gasteiger partial charge on any atom is -0.462 e. The topological polar surface area (TPSA) is 58.6 Å². The minimum atomic E-state index is -0.373. The van der Waals surface area contributed by atoms with E-state index in [-0.39, 0.29) is 11.9 Å². The molecule has 0 unspecified atom stereocenters. The average Bonchev–Trinajstić information content (AvgIpc) is 3.17. The largest absolute Gasteiger partial charge is 0.462 e. The van der Waals surface area contributed by atoms with Gasteiger partial charge in [-0.25, -0.2) is 4.79 Å². The Kier molecular flexibility index (Phi) is 6.02. The van der Waals surface area contributed by atoms with Crippen molar-refractivity contribution < 1.29 is 14.3 Å².